The Morgan fingerprint density at radius 1 is 1.39 bits per heavy atom. The van der Waals surface area contributed by atoms with Gasteiger partial charge in [-0.15, -0.1) is 0 Å². The molecule has 2 N–H and O–H groups in total. The first kappa shape index (κ1) is 12.8. The molecule has 1 heterocycles. The summed E-state index contributed by atoms with van der Waals surface area (Å²) in [6.07, 6.45) is 0. The largest absolute Gasteiger partial charge is 0.369 e. The third-order valence-electron chi connectivity index (χ3n) is 3.50. The topological polar surface area (TPSA) is 47.1 Å². The number of likely N-dealkylation sites (N-methyl/N-ethyl adjacent to an activating group) is 1. The second-order valence-corrected chi connectivity index (χ2v) is 5.40. The molecule has 18 heavy (non-hydrogen) atoms. The minimum atomic E-state index is -0.272. The van der Waals surface area contributed by atoms with Crippen molar-refractivity contribution in [2.75, 3.05) is 19.8 Å². The number of nitrogen functional groups attached to an aromatic ring is 1. The highest BCUT2D eigenvalue weighted by Crippen LogP contribution is 2.23. The van der Waals surface area contributed by atoms with E-state index in [-0.39, 0.29) is 11.4 Å². The molecule has 0 amide bonds. The summed E-state index contributed by atoms with van der Waals surface area (Å²) in [5.41, 5.74) is 7.30. The molecular formula is C13H19FN4. The molecule has 2 aromatic rings. The highest BCUT2D eigenvalue weighted by molar-refractivity contribution is 5.78. The summed E-state index contributed by atoms with van der Waals surface area (Å²) in [6.45, 7) is 4.88. The van der Waals surface area contributed by atoms with E-state index in [0.29, 0.717) is 12.5 Å². The molecule has 0 radical (unpaired) electrons. The lowest BCUT2D eigenvalue weighted by atomic mass is 10.0. The van der Waals surface area contributed by atoms with Gasteiger partial charge in [-0.05, 0) is 46.1 Å². The fraction of sp³-hybridized carbons (Fsp3) is 0.462. The van der Waals surface area contributed by atoms with Crippen LogP contribution < -0.4 is 5.73 Å². The first-order valence-corrected chi connectivity index (χ1v) is 5.90. The summed E-state index contributed by atoms with van der Waals surface area (Å²) in [5, 5.41) is 0. The van der Waals surface area contributed by atoms with E-state index in [4.69, 9.17) is 5.73 Å². The van der Waals surface area contributed by atoms with Crippen molar-refractivity contribution in [1.82, 2.24) is 14.5 Å². The van der Waals surface area contributed by atoms with Crippen LogP contribution >= 0.6 is 0 Å². The lowest BCUT2D eigenvalue weighted by Crippen LogP contribution is -2.42. The lowest BCUT2D eigenvalue weighted by Gasteiger charge is -2.33. The van der Waals surface area contributed by atoms with Crippen LogP contribution in [-0.4, -0.2) is 34.1 Å². The maximum Gasteiger partial charge on any atom is 0.201 e. The van der Waals surface area contributed by atoms with Crippen molar-refractivity contribution in [2.45, 2.75) is 25.9 Å². The first-order valence-electron chi connectivity index (χ1n) is 5.90. The number of halogens is 1. The van der Waals surface area contributed by atoms with Crippen LogP contribution in [0.3, 0.4) is 0 Å². The summed E-state index contributed by atoms with van der Waals surface area (Å²) < 4.78 is 15.2. The third-order valence-corrected chi connectivity index (χ3v) is 3.50. The summed E-state index contributed by atoms with van der Waals surface area (Å²) in [7, 11) is 4.02. The van der Waals surface area contributed by atoms with Crippen LogP contribution in [0.25, 0.3) is 11.0 Å². The maximum atomic E-state index is 13.3. The van der Waals surface area contributed by atoms with Gasteiger partial charge in [0.2, 0.25) is 5.95 Å². The van der Waals surface area contributed by atoms with Crippen LogP contribution in [0.5, 0.6) is 0 Å². The number of rotatable bonds is 3. The molecule has 5 heteroatoms. The van der Waals surface area contributed by atoms with Gasteiger partial charge in [0.1, 0.15) is 5.82 Å². The van der Waals surface area contributed by atoms with E-state index in [1.54, 1.807) is 6.07 Å². The molecule has 0 atom stereocenters. The molecule has 1 aromatic carbocycles. The minimum Gasteiger partial charge on any atom is -0.369 e. The number of imidazole rings is 1. The van der Waals surface area contributed by atoms with Crippen molar-refractivity contribution in [2.24, 2.45) is 0 Å². The normalized spacial score (nSPS) is 12.6. The fourth-order valence-electron chi connectivity index (χ4n) is 1.81. The van der Waals surface area contributed by atoms with Gasteiger partial charge in [-0.2, -0.15) is 0 Å². The SMILES string of the molecule is CN(C)C(C)(C)Cn1c(N)nc2ccc(F)cc21. The Balaban J connectivity index is 2.50. The summed E-state index contributed by atoms with van der Waals surface area (Å²) in [6, 6.07) is 4.53. The molecule has 0 aliphatic rings. The Kier molecular flexibility index (Phi) is 3.02. The number of benzene rings is 1. The quantitative estimate of drug-likeness (QED) is 0.907. The van der Waals surface area contributed by atoms with Crippen LogP contribution in [0.1, 0.15) is 13.8 Å². The second kappa shape index (κ2) is 4.24. The van der Waals surface area contributed by atoms with Crippen LogP contribution in [0.2, 0.25) is 0 Å². The Labute approximate surface area is 106 Å². The number of anilines is 1. The van der Waals surface area contributed by atoms with Crippen molar-refractivity contribution < 1.29 is 4.39 Å². The molecule has 0 aliphatic carbocycles. The van der Waals surface area contributed by atoms with Gasteiger partial charge in [-0.25, -0.2) is 9.37 Å². The number of nitrogens with zero attached hydrogens (tertiary/aromatic N) is 3. The van der Waals surface area contributed by atoms with Gasteiger partial charge < -0.3 is 15.2 Å². The lowest BCUT2D eigenvalue weighted by molar-refractivity contribution is 0.172. The molecule has 0 fully saturated rings. The van der Waals surface area contributed by atoms with Crippen molar-refractivity contribution in [3.63, 3.8) is 0 Å². The van der Waals surface area contributed by atoms with Crippen LogP contribution in [0.15, 0.2) is 18.2 Å². The monoisotopic (exact) mass is 250 g/mol. The van der Waals surface area contributed by atoms with Gasteiger partial charge in [0.15, 0.2) is 0 Å². The zero-order valence-corrected chi connectivity index (χ0v) is 11.2. The number of hydrogen-bond donors (Lipinski definition) is 1. The van der Waals surface area contributed by atoms with Crippen LogP contribution in [0, 0.1) is 5.82 Å². The van der Waals surface area contributed by atoms with Crippen molar-refractivity contribution in [3.8, 4) is 0 Å². The smallest absolute Gasteiger partial charge is 0.201 e. The standard InChI is InChI=1S/C13H19FN4/c1-13(2,17(3)4)8-18-11-7-9(14)5-6-10(11)16-12(18)15/h5-7H,8H2,1-4H3,(H2,15,16). The molecular weight excluding hydrogens is 231 g/mol. The molecule has 2 rings (SSSR count). The molecule has 0 bridgehead atoms. The first-order chi connectivity index (χ1) is 8.31. The fourth-order valence-corrected chi connectivity index (χ4v) is 1.81. The number of nitrogens with two attached hydrogens (primary N) is 1. The average Bonchev–Trinajstić information content (AvgIpc) is 2.55. The van der Waals surface area contributed by atoms with E-state index >= 15 is 0 Å². The minimum absolute atomic E-state index is 0.0892. The average molecular weight is 250 g/mol. The van der Waals surface area contributed by atoms with E-state index in [1.807, 2.05) is 18.7 Å². The van der Waals surface area contributed by atoms with Gasteiger partial charge in [-0.3, -0.25) is 0 Å². The van der Waals surface area contributed by atoms with Crippen molar-refractivity contribution in [3.05, 3.63) is 24.0 Å². The van der Waals surface area contributed by atoms with Crippen LogP contribution in [-0.2, 0) is 6.54 Å². The van der Waals surface area contributed by atoms with Gasteiger partial charge in [0.25, 0.3) is 0 Å². The highest BCUT2D eigenvalue weighted by atomic mass is 19.1. The summed E-state index contributed by atoms with van der Waals surface area (Å²) >= 11 is 0. The van der Waals surface area contributed by atoms with Gasteiger partial charge in [0.05, 0.1) is 11.0 Å². The molecule has 98 valence electrons. The molecule has 0 spiro atoms. The predicted molar refractivity (Wildman–Crippen MR) is 71.9 cm³/mol. The number of aromatic nitrogens is 2. The van der Waals surface area contributed by atoms with Gasteiger partial charge in [0, 0.05) is 12.1 Å². The molecule has 0 unspecified atom stereocenters. The Bertz CT molecular complexity index is 572. The number of hydrogen-bond acceptors (Lipinski definition) is 3. The second-order valence-electron chi connectivity index (χ2n) is 5.40. The highest BCUT2D eigenvalue weighted by Gasteiger charge is 2.23. The van der Waals surface area contributed by atoms with E-state index in [9.17, 15) is 4.39 Å². The van der Waals surface area contributed by atoms with Crippen molar-refractivity contribution >= 4 is 17.0 Å². The zero-order valence-electron chi connectivity index (χ0n) is 11.2. The Hall–Kier alpha value is -1.62. The van der Waals surface area contributed by atoms with Crippen LogP contribution in [0.4, 0.5) is 10.3 Å². The molecule has 0 aliphatic heterocycles. The maximum absolute atomic E-state index is 13.3. The predicted octanol–water partition coefficient (Wildman–Crippen LogP) is 2.10. The van der Waals surface area contributed by atoms with E-state index in [2.05, 4.69) is 23.7 Å². The number of fused-ring (bicyclic) bond motifs is 1. The van der Waals surface area contributed by atoms with Crippen molar-refractivity contribution in [1.29, 1.82) is 0 Å². The Morgan fingerprint density at radius 3 is 2.67 bits per heavy atom. The zero-order chi connectivity index (χ0) is 13.5. The van der Waals surface area contributed by atoms with E-state index < -0.39 is 0 Å². The summed E-state index contributed by atoms with van der Waals surface area (Å²) in [5.74, 6) is 0.150. The van der Waals surface area contributed by atoms with Gasteiger partial charge in [-0.1, -0.05) is 0 Å². The molecule has 0 saturated carbocycles. The Morgan fingerprint density at radius 2 is 2.06 bits per heavy atom. The molecule has 4 nitrogen and oxygen atoms in total. The summed E-state index contributed by atoms with van der Waals surface area (Å²) in [4.78, 5) is 6.36. The molecule has 1 aromatic heterocycles. The molecule has 0 saturated heterocycles. The van der Waals surface area contributed by atoms with Gasteiger partial charge >= 0.3 is 0 Å². The third kappa shape index (κ3) is 2.18. The van der Waals surface area contributed by atoms with E-state index in [0.717, 1.165) is 11.0 Å². The van der Waals surface area contributed by atoms with E-state index in [1.165, 1.54) is 12.1 Å².